The van der Waals surface area contributed by atoms with Gasteiger partial charge in [-0.15, -0.1) is 0 Å². The first kappa shape index (κ1) is 11.4. The molecule has 4 nitrogen and oxygen atoms in total. The summed E-state index contributed by atoms with van der Waals surface area (Å²) in [5.74, 6) is -1.40. The van der Waals surface area contributed by atoms with Crippen LogP contribution in [0.4, 0.5) is 0 Å². The van der Waals surface area contributed by atoms with Crippen molar-refractivity contribution in [2.45, 2.75) is 19.8 Å². The molecule has 88 valence electrons. The van der Waals surface area contributed by atoms with E-state index < -0.39 is 5.97 Å². The Morgan fingerprint density at radius 3 is 2.53 bits per heavy atom. The van der Waals surface area contributed by atoms with Gasteiger partial charge in [0.15, 0.2) is 5.75 Å². The number of hydrogen-bond donors (Lipinski definition) is 2. The standard InChI is InChI=1S/C13H13NO3/c1-7(2)11-12(15)10(13(16)17)8-5-3-4-6-9(8)14-11/h3-7,15H,1-2H3,(H,16,17). The summed E-state index contributed by atoms with van der Waals surface area (Å²) in [7, 11) is 0. The maximum Gasteiger partial charge on any atom is 0.340 e. The Kier molecular flexibility index (Phi) is 2.71. The summed E-state index contributed by atoms with van der Waals surface area (Å²) in [6, 6.07) is 6.91. The summed E-state index contributed by atoms with van der Waals surface area (Å²) in [4.78, 5) is 15.5. The zero-order valence-electron chi connectivity index (χ0n) is 9.64. The fraction of sp³-hybridized carbons (Fsp3) is 0.231. The van der Waals surface area contributed by atoms with Crippen molar-refractivity contribution < 1.29 is 15.0 Å². The first-order chi connectivity index (χ1) is 8.02. The SMILES string of the molecule is CC(C)c1nc2ccccc2c(C(=O)O)c1O. The van der Waals surface area contributed by atoms with Gasteiger partial charge in [-0.3, -0.25) is 0 Å². The molecule has 2 N–H and O–H groups in total. The lowest BCUT2D eigenvalue weighted by molar-refractivity contribution is 0.0695. The fourth-order valence-corrected chi connectivity index (χ4v) is 1.84. The van der Waals surface area contributed by atoms with Crippen LogP contribution in [0.1, 0.15) is 35.8 Å². The number of carbonyl (C=O) groups is 1. The van der Waals surface area contributed by atoms with Crippen LogP contribution in [0.15, 0.2) is 24.3 Å². The average Bonchev–Trinajstić information content (AvgIpc) is 2.27. The highest BCUT2D eigenvalue weighted by Crippen LogP contribution is 2.32. The predicted octanol–water partition coefficient (Wildman–Crippen LogP) is 2.76. The van der Waals surface area contributed by atoms with Gasteiger partial charge in [-0.25, -0.2) is 9.78 Å². The first-order valence-corrected chi connectivity index (χ1v) is 5.37. The average molecular weight is 231 g/mol. The van der Waals surface area contributed by atoms with E-state index in [1.807, 2.05) is 13.8 Å². The molecule has 0 spiro atoms. The van der Waals surface area contributed by atoms with E-state index in [9.17, 15) is 15.0 Å². The molecule has 1 heterocycles. The van der Waals surface area contributed by atoms with Crippen molar-refractivity contribution in [3.05, 3.63) is 35.5 Å². The number of aromatic nitrogens is 1. The Labute approximate surface area is 98.5 Å². The molecule has 0 aliphatic rings. The van der Waals surface area contributed by atoms with Crippen molar-refractivity contribution in [1.82, 2.24) is 4.98 Å². The molecule has 2 rings (SSSR count). The van der Waals surface area contributed by atoms with Gasteiger partial charge in [0.25, 0.3) is 0 Å². The maximum absolute atomic E-state index is 11.2. The minimum Gasteiger partial charge on any atom is -0.505 e. The third kappa shape index (κ3) is 1.82. The molecule has 0 saturated carbocycles. The van der Waals surface area contributed by atoms with E-state index in [0.717, 1.165) is 0 Å². The van der Waals surface area contributed by atoms with Crippen LogP contribution in [0.25, 0.3) is 10.9 Å². The Morgan fingerprint density at radius 1 is 1.29 bits per heavy atom. The highest BCUT2D eigenvalue weighted by Gasteiger charge is 2.20. The summed E-state index contributed by atoms with van der Waals surface area (Å²) in [5, 5.41) is 19.6. The Morgan fingerprint density at radius 2 is 1.94 bits per heavy atom. The molecule has 0 radical (unpaired) electrons. The van der Waals surface area contributed by atoms with Crippen LogP contribution in [-0.4, -0.2) is 21.2 Å². The van der Waals surface area contributed by atoms with Gasteiger partial charge in [-0.2, -0.15) is 0 Å². The second-order valence-electron chi connectivity index (χ2n) is 4.20. The minimum atomic E-state index is -1.14. The van der Waals surface area contributed by atoms with Gasteiger partial charge in [0, 0.05) is 5.39 Å². The van der Waals surface area contributed by atoms with Crippen LogP contribution in [0.2, 0.25) is 0 Å². The van der Waals surface area contributed by atoms with E-state index in [4.69, 9.17) is 0 Å². The summed E-state index contributed by atoms with van der Waals surface area (Å²) in [6.07, 6.45) is 0. The molecular weight excluding hydrogens is 218 g/mol. The molecule has 2 aromatic rings. The second kappa shape index (κ2) is 4.05. The molecule has 0 atom stereocenters. The van der Waals surface area contributed by atoms with E-state index in [-0.39, 0.29) is 17.2 Å². The number of fused-ring (bicyclic) bond motifs is 1. The third-order valence-corrected chi connectivity index (χ3v) is 2.65. The fourth-order valence-electron chi connectivity index (χ4n) is 1.84. The van der Waals surface area contributed by atoms with E-state index >= 15 is 0 Å². The number of rotatable bonds is 2. The number of benzene rings is 1. The largest absolute Gasteiger partial charge is 0.505 e. The first-order valence-electron chi connectivity index (χ1n) is 5.37. The van der Waals surface area contributed by atoms with Crippen molar-refractivity contribution in [3.8, 4) is 5.75 Å². The summed E-state index contributed by atoms with van der Waals surface area (Å²) < 4.78 is 0. The van der Waals surface area contributed by atoms with Crippen LogP contribution in [0, 0.1) is 0 Å². The molecule has 17 heavy (non-hydrogen) atoms. The normalized spacial score (nSPS) is 11.0. The Balaban J connectivity index is 2.90. The van der Waals surface area contributed by atoms with Crippen molar-refractivity contribution in [2.24, 2.45) is 0 Å². The van der Waals surface area contributed by atoms with E-state index in [2.05, 4.69) is 4.98 Å². The number of para-hydroxylation sites is 1. The number of aromatic carboxylic acids is 1. The molecule has 0 unspecified atom stereocenters. The van der Waals surface area contributed by atoms with Crippen molar-refractivity contribution in [3.63, 3.8) is 0 Å². The van der Waals surface area contributed by atoms with Gasteiger partial charge in [-0.1, -0.05) is 32.0 Å². The van der Waals surface area contributed by atoms with Crippen LogP contribution in [0.3, 0.4) is 0 Å². The van der Waals surface area contributed by atoms with Crippen LogP contribution in [-0.2, 0) is 0 Å². The van der Waals surface area contributed by atoms with Gasteiger partial charge >= 0.3 is 5.97 Å². The van der Waals surface area contributed by atoms with Gasteiger partial charge in [0.1, 0.15) is 5.56 Å². The number of carboxylic acids is 1. The van der Waals surface area contributed by atoms with Crippen molar-refractivity contribution in [1.29, 1.82) is 0 Å². The van der Waals surface area contributed by atoms with Crippen molar-refractivity contribution in [2.75, 3.05) is 0 Å². The van der Waals surface area contributed by atoms with Gasteiger partial charge in [0.05, 0.1) is 11.2 Å². The number of aromatic hydroxyl groups is 1. The zero-order chi connectivity index (χ0) is 12.6. The topological polar surface area (TPSA) is 70.4 Å². The Hall–Kier alpha value is -2.10. The zero-order valence-corrected chi connectivity index (χ0v) is 9.64. The minimum absolute atomic E-state index is 0.0299. The molecule has 4 heteroatoms. The number of hydrogen-bond acceptors (Lipinski definition) is 3. The second-order valence-corrected chi connectivity index (χ2v) is 4.20. The lowest BCUT2D eigenvalue weighted by Gasteiger charge is -2.12. The highest BCUT2D eigenvalue weighted by atomic mass is 16.4. The molecule has 0 aliphatic carbocycles. The highest BCUT2D eigenvalue weighted by molar-refractivity contribution is 6.05. The van der Waals surface area contributed by atoms with E-state index in [0.29, 0.717) is 16.6 Å². The molecule has 1 aromatic carbocycles. The molecule has 1 aromatic heterocycles. The monoisotopic (exact) mass is 231 g/mol. The predicted molar refractivity (Wildman–Crippen MR) is 64.5 cm³/mol. The van der Waals surface area contributed by atoms with Crippen molar-refractivity contribution >= 4 is 16.9 Å². The molecule has 0 aliphatic heterocycles. The molecule has 0 bridgehead atoms. The van der Waals surface area contributed by atoms with E-state index in [1.54, 1.807) is 24.3 Å². The maximum atomic E-state index is 11.2. The molecule has 0 saturated heterocycles. The summed E-state index contributed by atoms with van der Waals surface area (Å²) in [6.45, 7) is 3.73. The van der Waals surface area contributed by atoms with Crippen LogP contribution < -0.4 is 0 Å². The smallest absolute Gasteiger partial charge is 0.340 e. The van der Waals surface area contributed by atoms with Crippen LogP contribution >= 0.6 is 0 Å². The van der Waals surface area contributed by atoms with E-state index in [1.165, 1.54) is 0 Å². The van der Waals surface area contributed by atoms with Gasteiger partial charge < -0.3 is 10.2 Å². The summed E-state index contributed by atoms with van der Waals surface area (Å²) >= 11 is 0. The lowest BCUT2D eigenvalue weighted by atomic mass is 10.0. The molecular formula is C13H13NO3. The van der Waals surface area contributed by atoms with Gasteiger partial charge in [0.2, 0.25) is 0 Å². The number of pyridine rings is 1. The molecule has 0 fully saturated rings. The number of carboxylic acid groups (broad SMARTS) is 1. The quantitative estimate of drug-likeness (QED) is 0.833. The van der Waals surface area contributed by atoms with Crippen LogP contribution in [0.5, 0.6) is 5.75 Å². The van der Waals surface area contributed by atoms with Gasteiger partial charge in [-0.05, 0) is 12.0 Å². The lowest BCUT2D eigenvalue weighted by Crippen LogP contribution is -2.04. The number of nitrogens with zero attached hydrogens (tertiary/aromatic N) is 1. The third-order valence-electron chi connectivity index (χ3n) is 2.65. The Bertz CT molecular complexity index is 590. The molecule has 0 amide bonds. The summed E-state index contributed by atoms with van der Waals surface area (Å²) in [5.41, 5.74) is 0.937.